The van der Waals surface area contributed by atoms with E-state index in [1.54, 1.807) is 18.7 Å². The topological polar surface area (TPSA) is 100 Å². The van der Waals surface area contributed by atoms with Crippen LogP contribution in [0, 0.1) is 0 Å². The van der Waals surface area contributed by atoms with E-state index in [2.05, 4.69) is 20.8 Å². The van der Waals surface area contributed by atoms with Gasteiger partial charge in [-0.25, -0.2) is 4.79 Å². The zero-order valence-electron chi connectivity index (χ0n) is 16.9. The molecule has 1 aliphatic heterocycles. The summed E-state index contributed by atoms with van der Waals surface area (Å²) in [5.74, 6) is 1.21. The molecule has 1 aliphatic rings. The van der Waals surface area contributed by atoms with Gasteiger partial charge in [0, 0.05) is 5.70 Å². The number of nitrogens with zero attached hydrogens (tertiary/aromatic N) is 4. The summed E-state index contributed by atoms with van der Waals surface area (Å²) in [6.45, 7) is 9.31. The first-order chi connectivity index (χ1) is 13.3. The minimum atomic E-state index is -0.556. The van der Waals surface area contributed by atoms with Crippen LogP contribution in [0.3, 0.4) is 0 Å². The lowest BCUT2D eigenvalue weighted by atomic mass is 9.95. The third-order valence-electron chi connectivity index (χ3n) is 4.14. The largest absolute Gasteiger partial charge is 0.493 e. The molecule has 0 spiro atoms. The van der Waals surface area contributed by atoms with Gasteiger partial charge in [-0.05, 0) is 62.7 Å². The first-order valence-corrected chi connectivity index (χ1v) is 9.13. The number of carbonyl (C=O) groups is 1. The number of anilines is 1. The number of nitrogens with one attached hydrogen (secondary N) is 1. The van der Waals surface area contributed by atoms with Crippen molar-refractivity contribution in [3.05, 3.63) is 35.0 Å². The summed E-state index contributed by atoms with van der Waals surface area (Å²) < 4.78 is 18.3. The van der Waals surface area contributed by atoms with Crippen LogP contribution in [-0.2, 0) is 9.53 Å². The SMILES string of the molecule is COc1cc(C2C(C(=O)OC(C)C)=C(C)Nc3nnnn32)ccc1OC(C)C. The molecule has 0 radical (unpaired) electrons. The third kappa shape index (κ3) is 3.78. The molecule has 3 rings (SSSR count). The van der Waals surface area contributed by atoms with Crippen LogP contribution < -0.4 is 14.8 Å². The van der Waals surface area contributed by atoms with Crippen molar-refractivity contribution in [1.29, 1.82) is 0 Å². The molecular formula is C19H25N5O4. The maximum Gasteiger partial charge on any atom is 0.338 e. The summed E-state index contributed by atoms with van der Waals surface area (Å²) in [5, 5.41) is 14.8. The second-order valence-corrected chi connectivity index (χ2v) is 7.04. The van der Waals surface area contributed by atoms with E-state index in [4.69, 9.17) is 14.2 Å². The van der Waals surface area contributed by atoms with Crippen LogP contribution in [0.15, 0.2) is 29.5 Å². The monoisotopic (exact) mass is 387 g/mol. The second kappa shape index (κ2) is 7.87. The highest BCUT2D eigenvalue weighted by Gasteiger charge is 2.35. The number of rotatable bonds is 6. The molecule has 0 bridgehead atoms. The molecule has 0 saturated carbocycles. The van der Waals surface area contributed by atoms with Gasteiger partial charge in [0.25, 0.3) is 0 Å². The number of ether oxygens (including phenoxy) is 3. The summed E-state index contributed by atoms with van der Waals surface area (Å²) in [6, 6.07) is 4.97. The van der Waals surface area contributed by atoms with Crippen LogP contribution in [0.5, 0.6) is 11.5 Å². The maximum atomic E-state index is 12.8. The van der Waals surface area contributed by atoms with Crippen molar-refractivity contribution in [2.75, 3.05) is 12.4 Å². The number of allylic oxidation sites excluding steroid dienone is 1. The molecule has 1 atom stereocenters. The number of benzene rings is 1. The summed E-state index contributed by atoms with van der Waals surface area (Å²) >= 11 is 0. The van der Waals surface area contributed by atoms with Crippen LogP contribution in [0.2, 0.25) is 0 Å². The third-order valence-corrected chi connectivity index (χ3v) is 4.14. The Morgan fingerprint density at radius 2 is 1.93 bits per heavy atom. The van der Waals surface area contributed by atoms with Crippen LogP contribution in [0.25, 0.3) is 0 Å². The molecule has 9 nitrogen and oxygen atoms in total. The molecule has 0 saturated heterocycles. The van der Waals surface area contributed by atoms with E-state index in [1.165, 1.54) is 0 Å². The van der Waals surface area contributed by atoms with Gasteiger partial charge >= 0.3 is 5.97 Å². The Labute approximate surface area is 163 Å². The van der Waals surface area contributed by atoms with E-state index in [1.807, 2.05) is 45.9 Å². The van der Waals surface area contributed by atoms with Crippen molar-refractivity contribution in [3.63, 3.8) is 0 Å². The molecule has 9 heteroatoms. The normalized spacial score (nSPS) is 16.1. The van der Waals surface area contributed by atoms with Crippen molar-refractivity contribution in [1.82, 2.24) is 20.2 Å². The second-order valence-electron chi connectivity index (χ2n) is 7.04. The average Bonchev–Trinajstić information content (AvgIpc) is 3.07. The molecular weight excluding hydrogens is 362 g/mol. The molecule has 0 fully saturated rings. The fourth-order valence-corrected chi connectivity index (χ4v) is 3.07. The van der Waals surface area contributed by atoms with Crippen molar-refractivity contribution < 1.29 is 19.0 Å². The van der Waals surface area contributed by atoms with Crippen molar-refractivity contribution in [2.45, 2.75) is 52.9 Å². The molecule has 1 aromatic carbocycles. The molecule has 1 aromatic heterocycles. The van der Waals surface area contributed by atoms with Crippen molar-refractivity contribution >= 4 is 11.9 Å². The number of aromatic nitrogens is 4. The van der Waals surface area contributed by atoms with E-state index in [0.29, 0.717) is 28.7 Å². The smallest absolute Gasteiger partial charge is 0.338 e. The molecule has 1 N–H and O–H groups in total. The Morgan fingerprint density at radius 1 is 1.18 bits per heavy atom. The highest BCUT2D eigenvalue weighted by molar-refractivity contribution is 5.92. The standard InChI is InChI=1S/C19H25N5O4/c1-10(2)27-14-8-7-13(9-15(14)26-6)17-16(18(25)28-11(3)4)12(5)20-19-21-22-23-24(17)19/h7-11,17H,1-6H3,(H,20,21,23). The maximum absolute atomic E-state index is 12.8. The van der Waals surface area contributed by atoms with Gasteiger partial charge in [0.1, 0.15) is 6.04 Å². The number of esters is 1. The first kappa shape index (κ1) is 19.7. The number of hydrogen-bond acceptors (Lipinski definition) is 8. The highest BCUT2D eigenvalue weighted by atomic mass is 16.5. The van der Waals surface area contributed by atoms with Gasteiger partial charge in [0.05, 0.1) is 24.9 Å². The number of hydrogen-bond donors (Lipinski definition) is 1. The zero-order valence-corrected chi connectivity index (χ0v) is 16.9. The van der Waals surface area contributed by atoms with E-state index in [9.17, 15) is 4.79 Å². The van der Waals surface area contributed by atoms with Gasteiger partial charge < -0.3 is 19.5 Å². The van der Waals surface area contributed by atoms with Gasteiger partial charge in [-0.3, -0.25) is 0 Å². The number of carbonyl (C=O) groups excluding carboxylic acids is 1. The predicted molar refractivity (Wildman–Crippen MR) is 102 cm³/mol. The summed E-state index contributed by atoms with van der Waals surface area (Å²) in [7, 11) is 1.58. The van der Waals surface area contributed by atoms with E-state index in [0.717, 1.165) is 5.56 Å². The van der Waals surface area contributed by atoms with Crippen LogP contribution >= 0.6 is 0 Å². The highest BCUT2D eigenvalue weighted by Crippen LogP contribution is 2.38. The van der Waals surface area contributed by atoms with Gasteiger partial charge in [0.15, 0.2) is 11.5 Å². The van der Waals surface area contributed by atoms with Crippen molar-refractivity contribution in [2.24, 2.45) is 0 Å². The number of methoxy groups -OCH3 is 1. The van der Waals surface area contributed by atoms with E-state index < -0.39 is 12.0 Å². The first-order valence-electron chi connectivity index (χ1n) is 9.13. The Balaban J connectivity index is 2.10. The quantitative estimate of drug-likeness (QED) is 0.755. The van der Waals surface area contributed by atoms with Crippen LogP contribution in [0.4, 0.5) is 5.95 Å². The number of fused-ring (bicyclic) bond motifs is 1. The van der Waals surface area contributed by atoms with Gasteiger partial charge in [-0.15, -0.1) is 0 Å². The summed E-state index contributed by atoms with van der Waals surface area (Å²) in [5.41, 5.74) is 1.85. The lowest BCUT2D eigenvalue weighted by molar-refractivity contribution is -0.143. The van der Waals surface area contributed by atoms with Crippen LogP contribution in [0.1, 0.15) is 46.2 Å². The molecule has 1 unspecified atom stereocenters. The Bertz CT molecular complexity index is 903. The van der Waals surface area contributed by atoms with Gasteiger partial charge in [0.2, 0.25) is 5.95 Å². The zero-order chi connectivity index (χ0) is 20.4. The van der Waals surface area contributed by atoms with E-state index >= 15 is 0 Å². The molecule has 28 heavy (non-hydrogen) atoms. The average molecular weight is 387 g/mol. The van der Waals surface area contributed by atoms with E-state index in [-0.39, 0.29) is 12.2 Å². The molecule has 150 valence electrons. The Kier molecular flexibility index (Phi) is 5.53. The fraction of sp³-hybridized carbons (Fsp3) is 0.474. The molecule has 0 aliphatic carbocycles. The minimum Gasteiger partial charge on any atom is -0.493 e. The molecule has 0 amide bonds. The Morgan fingerprint density at radius 3 is 2.57 bits per heavy atom. The summed E-state index contributed by atoms with van der Waals surface area (Å²) in [4.78, 5) is 12.8. The number of tetrazole rings is 1. The molecule has 2 heterocycles. The van der Waals surface area contributed by atoms with Gasteiger partial charge in [-0.1, -0.05) is 11.2 Å². The minimum absolute atomic E-state index is 0.00321. The summed E-state index contributed by atoms with van der Waals surface area (Å²) in [6.07, 6.45) is -0.247. The fourth-order valence-electron chi connectivity index (χ4n) is 3.07. The molecule has 2 aromatic rings. The van der Waals surface area contributed by atoms with Gasteiger partial charge in [-0.2, -0.15) is 4.68 Å². The lowest BCUT2D eigenvalue weighted by Gasteiger charge is -2.28. The predicted octanol–water partition coefficient (Wildman–Crippen LogP) is 2.71. The van der Waals surface area contributed by atoms with Crippen LogP contribution in [-0.4, -0.2) is 45.5 Å². The lowest BCUT2D eigenvalue weighted by Crippen LogP contribution is -2.30. The van der Waals surface area contributed by atoms with Crippen molar-refractivity contribution in [3.8, 4) is 11.5 Å². The Hall–Kier alpha value is -3.10.